The van der Waals surface area contributed by atoms with Crippen LogP contribution in [-0.2, 0) is 17.9 Å². The van der Waals surface area contributed by atoms with E-state index in [2.05, 4.69) is 39.8 Å². The molecule has 130 valence electrons. The van der Waals surface area contributed by atoms with Crippen LogP contribution in [0.5, 0.6) is 0 Å². The average Bonchev–Trinajstić information content (AvgIpc) is 3.05. The normalized spacial score (nSPS) is 25.8. The molecule has 0 radical (unpaired) electrons. The molecule has 4 heteroatoms. The Morgan fingerprint density at radius 3 is 2.50 bits per heavy atom. The molecule has 1 amide bonds. The van der Waals surface area contributed by atoms with E-state index in [4.69, 9.17) is 0 Å². The van der Waals surface area contributed by atoms with Crippen LogP contribution < -0.4 is 10.6 Å². The van der Waals surface area contributed by atoms with Crippen LogP contribution >= 0.6 is 0 Å². The van der Waals surface area contributed by atoms with Crippen LogP contribution in [0.3, 0.4) is 0 Å². The van der Waals surface area contributed by atoms with Gasteiger partial charge in [0, 0.05) is 19.0 Å². The summed E-state index contributed by atoms with van der Waals surface area (Å²) in [5.41, 5.74) is 2.91. The van der Waals surface area contributed by atoms with E-state index in [9.17, 15) is 4.79 Å². The Labute approximate surface area is 145 Å². The van der Waals surface area contributed by atoms with Gasteiger partial charge >= 0.3 is 0 Å². The first-order chi connectivity index (χ1) is 11.8. The highest BCUT2D eigenvalue weighted by Crippen LogP contribution is 2.58. The molecule has 3 fully saturated rings. The van der Waals surface area contributed by atoms with Crippen LogP contribution in [0, 0.1) is 11.3 Å². The van der Waals surface area contributed by atoms with E-state index in [0.29, 0.717) is 12.0 Å². The number of rotatable bonds is 5. The van der Waals surface area contributed by atoms with Gasteiger partial charge in [-0.25, -0.2) is 0 Å². The third-order valence-electron chi connectivity index (χ3n) is 6.20. The molecule has 24 heavy (non-hydrogen) atoms. The Morgan fingerprint density at radius 2 is 1.79 bits per heavy atom. The van der Waals surface area contributed by atoms with Gasteiger partial charge in [0.15, 0.2) is 0 Å². The van der Waals surface area contributed by atoms with Crippen molar-refractivity contribution < 1.29 is 4.79 Å². The van der Waals surface area contributed by atoms with Crippen LogP contribution in [0.2, 0.25) is 0 Å². The summed E-state index contributed by atoms with van der Waals surface area (Å²) in [6.45, 7) is 6.33. The maximum atomic E-state index is 12.4. The second-order valence-electron chi connectivity index (χ2n) is 7.89. The molecule has 1 aromatic carbocycles. The third kappa shape index (κ3) is 3.50. The standard InChI is InChI=1S/C20H29N3O/c24-19(18-13-20(18)7-9-21-10-8-20)22-14-16-3-5-17(6-4-16)15-23-11-1-2-12-23/h3-6,18,21H,1-2,7-15H2,(H,22,24). The number of benzene rings is 1. The predicted octanol–water partition coefficient (Wildman–Crippen LogP) is 2.29. The van der Waals surface area contributed by atoms with Gasteiger partial charge in [-0.05, 0) is 74.8 Å². The van der Waals surface area contributed by atoms with Crippen LogP contribution in [0.1, 0.15) is 43.2 Å². The molecule has 1 atom stereocenters. The fourth-order valence-electron chi connectivity index (χ4n) is 4.47. The molecule has 1 aliphatic carbocycles. The van der Waals surface area contributed by atoms with Gasteiger partial charge in [-0.3, -0.25) is 9.69 Å². The number of hydrogen-bond donors (Lipinski definition) is 2. The molecule has 1 unspecified atom stereocenters. The summed E-state index contributed by atoms with van der Waals surface area (Å²) >= 11 is 0. The lowest BCUT2D eigenvalue weighted by Crippen LogP contribution is -2.33. The summed E-state index contributed by atoms with van der Waals surface area (Å²) in [4.78, 5) is 14.9. The molecule has 1 aromatic rings. The lowest BCUT2D eigenvalue weighted by atomic mass is 9.92. The van der Waals surface area contributed by atoms with Crippen molar-refractivity contribution >= 4 is 5.91 Å². The second kappa shape index (κ2) is 6.85. The zero-order chi connectivity index (χ0) is 16.4. The number of nitrogens with one attached hydrogen (secondary N) is 2. The van der Waals surface area contributed by atoms with Crippen molar-refractivity contribution in [2.24, 2.45) is 11.3 Å². The van der Waals surface area contributed by atoms with Gasteiger partial charge in [-0.15, -0.1) is 0 Å². The quantitative estimate of drug-likeness (QED) is 0.872. The highest BCUT2D eigenvalue weighted by molar-refractivity contribution is 5.82. The topological polar surface area (TPSA) is 44.4 Å². The largest absolute Gasteiger partial charge is 0.352 e. The third-order valence-corrected chi connectivity index (χ3v) is 6.20. The number of carbonyl (C=O) groups is 1. The molecule has 2 heterocycles. The van der Waals surface area contributed by atoms with Crippen molar-refractivity contribution in [1.82, 2.24) is 15.5 Å². The predicted molar refractivity (Wildman–Crippen MR) is 95.4 cm³/mol. The van der Waals surface area contributed by atoms with Crippen molar-refractivity contribution in [3.63, 3.8) is 0 Å². The minimum atomic E-state index is 0.258. The van der Waals surface area contributed by atoms with Crippen molar-refractivity contribution in [3.05, 3.63) is 35.4 Å². The number of nitrogens with zero attached hydrogens (tertiary/aromatic N) is 1. The molecule has 4 nitrogen and oxygen atoms in total. The number of likely N-dealkylation sites (tertiary alicyclic amines) is 1. The van der Waals surface area contributed by atoms with Crippen molar-refractivity contribution in [3.8, 4) is 0 Å². The Morgan fingerprint density at radius 1 is 1.12 bits per heavy atom. The first-order valence-electron chi connectivity index (χ1n) is 9.54. The zero-order valence-corrected chi connectivity index (χ0v) is 14.5. The minimum Gasteiger partial charge on any atom is -0.352 e. The van der Waals surface area contributed by atoms with Gasteiger partial charge in [-0.1, -0.05) is 24.3 Å². The fraction of sp³-hybridized carbons (Fsp3) is 0.650. The summed E-state index contributed by atoms with van der Waals surface area (Å²) in [6.07, 6.45) is 6.09. The van der Waals surface area contributed by atoms with Crippen molar-refractivity contribution in [2.75, 3.05) is 26.2 Å². The Balaban J connectivity index is 1.24. The molecule has 4 rings (SSSR count). The summed E-state index contributed by atoms with van der Waals surface area (Å²) < 4.78 is 0. The van der Waals surface area contributed by atoms with E-state index in [1.165, 1.54) is 37.1 Å². The molecule has 0 aromatic heterocycles. The van der Waals surface area contributed by atoms with Gasteiger partial charge in [0.05, 0.1) is 0 Å². The summed E-state index contributed by atoms with van der Waals surface area (Å²) in [5.74, 6) is 0.520. The van der Waals surface area contributed by atoms with E-state index in [1.54, 1.807) is 0 Å². The smallest absolute Gasteiger partial charge is 0.223 e. The minimum absolute atomic E-state index is 0.258. The molecule has 2 saturated heterocycles. The van der Waals surface area contributed by atoms with Gasteiger partial charge in [0.1, 0.15) is 0 Å². The number of amides is 1. The number of piperidine rings is 1. The molecule has 2 N–H and O–H groups in total. The molecular formula is C20H29N3O. The van der Waals surface area contributed by atoms with Crippen molar-refractivity contribution in [2.45, 2.75) is 45.2 Å². The van der Waals surface area contributed by atoms with E-state index in [-0.39, 0.29) is 11.8 Å². The number of carbonyl (C=O) groups excluding carboxylic acids is 1. The lowest BCUT2D eigenvalue weighted by molar-refractivity contribution is -0.123. The molecular weight excluding hydrogens is 298 g/mol. The second-order valence-corrected chi connectivity index (χ2v) is 7.89. The number of hydrogen-bond acceptors (Lipinski definition) is 3. The summed E-state index contributed by atoms with van der Waals surface area (Å²) in [5, 5.41) is 6.55. The summed E-state index contributed by atoms with van der Waals surface area (Å²) in [7, 11) is 0. The molecule has 3 aliphatic rings. The van der Waals surface area contributed by atoms with E-state index >= 15 is 0 Å². The van der Waals surface area contributed by atoms with E-state index in [1.807, 2.05) is 0 Å². The van der Waals surface area contributed by atoms with Crippen LogP contribution in [0.4, 0.5) is 0 Å². The zero-order valence-electron chi connectivity index (χ0n) is 14.5. The maximum absolute atomic E-state index is 12.4. The molecule has 1 spiro atoms. The van der Waals surface area contributed by atoms with Crippen molar-refractivity contribution in [1.29, 1.82) is 0 Å². The van der Waals surface area contributed by atoms with E-state index < -0.39 is 0 Å². The lowest BCUT2D eigenvalue weighted by Gasteiger charge is -2.23. The maximum Gasteiger partial charge on any atom is 0.223 e. The van der Waals surface area contributed by atoms with Gasteiger partial charge in [0.2, 0.25) is 5.91 Å². The Kier molecular flexibility index (Phi) is 4.59. The molecule has 0 bridgehead atoms. The average molecular weight is 327 g/mol. The van der Waals surface area contributed by atoms with Crippen LogP contribution in [0.15, 0.2) is 24.3 Å². The highest BCUT2D eigenvalue weighted by atomic mass is 16.2. The first kappa shape index (κ1) is 16.1. The van der Waals surface area contributed by atoms with Gasteiger partial charge < -0.3 is 10.6 Å². The molecule has 2 aliphatic heterocycles. The Hall–Kier alpha value is -1.39. The highest BCUT2D eigenvalue weighted by Gasteiger charge is 2.57. The monoisotopic (exact) mass is 327 g/mol. The summed E-state index contributed by atoms with van der Waals surface area (Å²) in [6, 6.07) is 8.76. The van der Waals surface area contributed by atoms with Crippen LogP contribution in [0.25, 0.3) is 0 Å². The fourth-order valence-corrected chi connectivity index (χ4v) is 4.47. The van der Waals surface area contributed by atoms with Gasteiger partial charge in [0.25, 0.3) is 0 Å². The molecule has 1 saturated carbocycles. The Bertz CT molecular complexity index is 571. The first-order valence-corrected chi connectivity index (χ1v) is 9.54. The SMILES string of the molecule is O=C(NCc1ccc(CN2CCCC2)cc1)C1CC12CCNCC2. The van der Waals surface area contributed by atoms with Gasteiger partial charge in [-0.2, -0.15) is 0 Å². The van der Waals surface area contributed by atoms with E-state index in [0.717, 1.165) is 38.9 Å². The van der Waals surface area contributed by atoms with Crippen LogP contribution in [-0.4, -0.2) is 37.0 Å².